The Morgan fingerprint density at radius 2 is 0.917 bits per heavy atom. The van der Waals surface area contributed by atoms with Gasteiger partial charge in [0.2, 0.25) is 11.8 Å². The van der Waals surface area contributed by atoms with Crippen LogP contribution in [0.5, 0.6) is 0 Å². The molecule has 0 atom stereocenters. The fourth-order valence-electron chi connectivity index (χ4n) is 3.94. The van der Waals surface area contributed by atoms with Gasteiger partial charge in [0, 0.05) is 50.3 Å². The second kappa shape index (κ2) is 8.81. The third-order valence-electron chi connectivity index (χ3n) is 5.60. The molecular formula is C18H30N2O4. The van der Waals surface area contributed by atoms with Crippen LogP contribution < -0.4 is 10.6 Å². The molecule has 6 nitrogen and oxygen atoms in total. The van der Waals surface area contributed by atoms with E-state index in [-0.39, 0.29) is 35.7 Å². The van der Waals surface area contributed by atoms with E-state index < -0.39 is 0 Å². The molecule has 0 aromatic rings. The van der Waals surface area contributed by atoms with Gasteiger partial charge in [-0.25, -0.2) is 0 Å². The topological polar surface area (TPSA) is 76.7 Å². The third-order valence-corrected chi connectivity index (χ3v) is 5.60. The third kappa shape index (κ3) is 4.93. The quantitative estimate of drug-likeness (QED) is 0.812. The number of hydrogen-bond acceptors (Lipinski definition) is 4. The van der Waals surface area contributed by atoms with Crippen LogP contribution in [0.25, 0.3) is 0 Å². The van der Waals surface area contributed by atoms with Crippen molar-refractivity contribution in [3.63, 3.8) is 0 Å². The van der Waals surface area contributed by atoms with E-state index in [2.05, 4.69) is 10.6 Å². The largest absolute Gasteiger partial charge is 0.381 e. The maximum atomic E-state index is 12.4. The SMILES string of the molecule is O=C(NC1CCOCC1)C1CCC(C(=O)NC2CCOCC2)CC1. The van der Waals surface area contributed by atoms with Crippen molar-refractivity contribution in [2.24, 2.45) is 11.8 Å². The van der Waals surface area contributed by atoms with Crippen molar-refractivity contribution in [3.8, 4) is 0 Å². The zero-order valence-corrected chi connectivity index (χ0v) is 14.4. The molecule has 3 fully saturated rings. The summed E-state index contributed by atoms with van der Waals surface area (Å²) >= 11 is 0. The summed E-state index contributed by atoms with van der Waals surface area (Å²) in [5, 5.41) is 6.33. The fourth-order valence-corrected chi connectivity index (χ4v) is 3.94. The van der Waals surface area contributed by atoms with Crippen LogP contribution in [0.15, 0.2) is 0 Å². The lowest BCUT2D eigenvalue weighted by atomic mass is 9.80. The smallest absolute Gasteiger partial charge is 0.223 e. The highest BCUT2D eigenvalue weighted by Crippen LogP contribution is 2.29. The first-order chi connectivity index (χ1) is 11.7. The van der Waals surface area contributed by atoms with E-state index in [1.54, 1.807) is 0 Å². The molecule has 2 saturated heterocycles. The van der Waals surface area contributed by atoms with Crippen LogP contribution in [0, 0.1) is 11.8 Å². The van der Waals surface area contributed by atoms with E-state index in [0.717, 1.165) is 77.8 Å². The molecule has 3 aliphatic rings. The van der Waals surface area contributed by atoms with Gasteiger partial charge in [0.15, 0.2) is 0 Å². The molecule has 0 spiro atoms. The van der Waals surface area contributed by atoms with Gasteiger partial charge in [-0.15, -0.1) is 0 Å². The molecule has 0 unspecified atom stereocenters. The summed E-state index contributed by atoms with van der Waals surface area (Å²) in [6, 6.07) is 0.529. The van der Waals surface area contributed by atoms with E-state index in [4.69, 9.17) is 9.47 Å². The van der Waals surface area contributed by atoms with Gasteiger partial charge in [-0.1, -0.05) is 0 Å². The first-order valence-corrected chi connectivity index (χ1v) is 9.48. The minimum absolute atomic E-state index is 0.0694. The number of hydrogen-bond donors (Lipinski definition) is 2. The molecule has 2 N–H and O–H groups in total. The number of ether oxygens (including phenoxy) is 2. The Hall–Kier alpha value is -1.14. The van der Waals surface area contributed by atoms with E-state index in [9.17, 15) is 9.59 Å². The fraction of sp³-hybridized carbons (Fsp3) is 0.889. The van der Waals surface area contributed by atoms with Crippen molar-refractivity contribution < 1.29 is 19.1 Å². The molecule has 6 heteroatoms. The van der Waals surface area contributed by atoms with Crippen LogP contribution in [-0.2, 0) is 19.1 Å². The first-order valence-electron chi connectivity index (χ1n) is 9.48. The second-order valence-corrected chi connectivity index (χ2v) is 7.34. The van der Waals surface area contributed by atoms with Crippen molar-refractivity contribution in [3.05, 3.63) is 0 Å². The number of carbonyl (C=O) groups is 2. The number of carbonyl (C=O) groups excluding carboxylic acids is 2. The number of amides is 2. The highest BCUT2D eigenvalue weighted by Gasteiger charge is 2.31. The first kappa shape index (κ1) is 17.7. The summed E-state index contributed by atoms with van der Waals surface area (Å²) in [5.74, 6) is 0.482. The maximum absolute atomic E-state index is 12.4. The van der Waals surface area contributed by atoms with Gasteiger partial charge >= 0.3 is 0 Å². The predicted molar refractivity (Wildman–Crippen MR) is 89.4 cm³/mol. The van der Waals surface area contributed by atoms with Crippen molar-refractivity contribution in [2.45, 2.75) is 63.5 Å². The molecule has 2 heterocycles. The molecule has 1 aliphatic carbocycles. The van der Waals surface area contributed by atoms with Gasteiger partial charge in [0.05, 0.1) is 0 Å². The Labute approximate surface area is 144 Å². The number of nitrogens with one attached hydrogen (secondary N) is 2. The van der Waals surface area contributed by atoms with Crippen molar-refractivity contribution in [1.82, 2.24) is 10.6 Å². The molecule has 0 radical (unpaired) electrons. The zero-order valence-electron chi connectivity index (χ0n) is 14.4. The van der Waals surface area contributed by atoms with Crippen LogP contribution in [0.3, 0.4) is 0 Å². The van der Waals surface area contributed by atoms with Gasteiger partial charge in [0.25, 0.3) is 0 Å². The van der Waals surface area contributed by atoms with Gasteiger partial charge in [0.1, 0.15) is 0 Å². The van der Waals surface area contributed by atoms with Crippen molar-refractivity contribution in [1.29, 1.82) is 0 Å². The molecule has 24 heavy (non-hydrogen) atoms. The van der Waals surface area contributed by atoms with E-state index in [1.165, 1.54) is 0 Å². The van der Waals surface area contributed by atoms with Gasteiger partial charge < -0.3 is 20.1 Å². The lowest BCUT2D eigenvalue weighted by Gasteiger charge is -2.31. The molecule has 0 aromatic carbocycles. The van der Waals surface area contributed by atoms with Crippen LogP contribution in [-0.4, -0.2) is 50.3 Å². The summed E-state index contributed by atoms with van der Waals surface area (Å²) in [4.78, 5) is 24.8. The highest BCUT2D eigenvalue weighted by atomic mass is 16.5. The Bertz CT molecular complexity index is 383. The maximum Gasteiger partial charge on any atom is 0.223 e. The summed E-state index contributed by atoms with van der Waals surface area (Å²) in [7, 11) is 0. The Morgan fingerprint density at radius 1 is 0.583 bits per heavy atom. The standard InChI is InChI=1S/C18H30N2O4/c21-17(19-15-5-9-23-10-6-15)13-1-2-14(4-3-13)18(22)20-16-7-11-24-12-8-16/h13-16H,1-12H2,(H,19,21)(H,20,22). The van der Waals surface area contributed by atoms with Crippen LogP contribution in [0.4, 0.5) is 0 Å². The molecule has 1 saturated carbocycles. The minimum Gasteiger partial charge on any atom is -0.381 e. The zero-order chi connectivity index (χ0) is 16.8. The van der Waals surface area contributed by atoms with Gasteiger partial charge in [-0.05, 0) is 51.4 Å². The van der Waals surface area contributed by atoms with Gasteiger partial charge in [-0.2, -0.15) is 0 Å². The lowest BCUT2D eigenvalue weighted by Crippen LogP contribution is -2.45. The van der Waals surface area contributed by atoms with Crippen molar-refractivity contribution in [2.75, 3.05) is 26.4 Å². The molecule has 3 rings (SSSR count). The average Bonchev–Trinajstić information content (AvgIpc) is 2.63. The second-order valence-electron chi connectivity index (χ2n) is 7.34. The summed E-state index contributed by atoms with van der Waals surface area (Å²) < 4.78 is 10.7. The Morgan fingerprint density at radius 3 is 1.25 bits per heavy atom. The molecule has 2 aliphatic heterocycles. The highest BCUT2D eigenvalue weighted by molar-refractivity contribution is 5.81. The van der Waals surface area contributed by atoms with Crippen molar-refractivity contribution >= 4 is 11.8 Å². The molecule has 136 valence electrons. The summed E-state index contributed by atoms with van der Waals surface area (Å²) in [6.45, 7) is 2.96. The molecule has 2 amide bonds. The number of rotatable bonds is 4. The van der Waals surface area contributed by atoms with E-state index in [1.807, 2.05) is 0 Å². The van der Waals surface area contributed by atoms with Crippen LogP contribution in [0.2, 0.25) is 0 Å². The Kier molecular flexibility index (Phi) is 6.49. The Balaban J connectivity index is 1.38. The monoisotopic (exact) mass is 338 g/mol. The summed E-state index contributed by atoms with van der Waals surface area (Å²) in [5.41, 5.74) is 0. The average molecular weight is 338 g/mol. The normalized spacial score (nSPS) is 29.8. The molecule has 0 aromatic heterocycles. The van der Waals surface area contributed by atoms with Gasteiger partial charge in [-0.3, -0.25) is 9.59 Å². The molecular weight excluding hydrogens is 308 g/mol. The molecule has 0 bridgehead atoms. The lowest BCUT2D eigenvalue weighted by molar-refractivity contribution is -0.132. The summed E-state index contributed by atoms with van der Waals surface area (Å²) in [6.07, 6.45) is 6.93. The van der Waals surface area contributed by atoms with E-state index in [0.29, 0.717) is 0 Å². The minimum atomic E-state index is 0.0694. The van der Waals surface area contributed by atoms with E-state index >= 15 is 0 Å². The van der Waals surface area contributed by atoms with Crippen LogP contribution in [0.1, 0.15) is 51.4 Å². The predicted octanol–water partition coefficient (Wildman–Crippen LogP) is 1.38. The van der Waals surface area contributed by atoms with Crippen LogP contribution >= 0.6 is 0 Å².